The SMILES string of the molecule is CC(C)c1cc(-c2n[nH]c(=O)n2-c2ccc(C(=O)N3CCN(C(=O)c4ccc(CCc5c[nH]c6nc(N)[nH]c(=O)c56)cc4)CC3)cc2)c(O)cc1O. The smallest absolute Gasteiger partial charge is 0.348 e. The lowest BCUT2D eigenvalue weighted by atomic mass is 9.98. The summed E-state index contributed by atoms with van der Waals surface area (Å²) in [6.07, 6.45) is 3.03. The van der Waals surface area contributed by atoms with Crippen molar-refractivity contribution in [3.05, 3.63) is 116 Å². The Morgan fingerprint density at radius 1 is 0.865 bits per heavy atom. The van der Waals surface area contributed by atoms with Crippen LogP contribution in [0.25, 0.3) is 28.1 Å². The summed E-state index contributed by atoms with van der Waals surface area (Å²) in [5.41, 5.74) is 9.38. The molecule has 0 atom stereocenters. The van der Waals surface area contributed by atoms with Crippen LogP contribution in [0.2, 0.25) is 0 Å². The summed E-state index contributed by atoms with van der Waals surface area (Å²) >= 11 is 0. The number of phenolic OH excluding ortho intramolecular Hbond substituents is 2. The first-order valence-corrected chi connectivity index (χ1v) is 16.9. The highest BCUT2D eigenvalue weighted by molar-refractivity contribution is 5.96. The molecule has 3 aromatic heterocycles. The van der Waals surface area contributed by atoms with Crippen LogP contribution in [0.5, 0.6) is 11.5 Å². The molecule has 0 spiro atoms. The number of H-pyrrole nitrogens is 3. The molecule has 0 radical (unpaired) electrons. The van der Waals surface area contributed by atoms with Gasteiger partial charge in [-0.25, -0.2) is 14.5 Å². The molecule has 7 N–H and O–H groups in total. The summed E-state index contributed by atoms with van der Waals surface area (Å²) in [6.45, 7) is 5.27. The number of nitrogen functional groups attached to an aromatic ring is 1. The molecule has 0 bridgehead atoms. The molecule has 0 aliphatic carbocycles. The second-order valence-electron chi connectivity index (χ2n) is 13.1. The summed E-state index contributed by atoms with van der Waals surface area (Å²) < 4.78 is 1.29. The lowest BCUT2D eigenvalue weighted by Crippen LogP contribution is -2.50. The predicted molar refractivity (Wildman–Crippen MR) is 194 cm³/mol. The van der Waals surface area contributed by atoms with E-state index < -0.39 is 5.69 Å². The Hall–Kier alpha value is -6.64. The maximum absolute atomic E-state index is 13.4. The normalized spacial score (nSPS) is 13.3. The summed E-state index contributed by atoms with van der Waals surface area (Å²) in [5, 5.41) is 27.9. The van der Waals surface area contributed by atoms with Crippen molar-refractivity contribution in [2.24, 2.45) is 0 Å². The number of benzene rings is 3. The van der Waals surface area contributed by atoms with Gasteiger partial charge < -0.3 is 30.7 Å². The lowest BCUT2D eigenvalue weighted by molar-refractivity contribution is 0.0535. The molecular weight excluding hydrogens is 666 g/mol. The standard InChI is InChI=1S/C37H37N9O6/c1-20(2)26-17-27(29(48)18-28(26)47)32-42-43-37(52)46(32)25-11-9-23(10-12-25)35(51)45-15-13-44(14-16-45)34(50)22-6-3-21(4-7-22)5-8-24-19-39-31-30(24)33(49)41-36(38)40-31/h3-4,6-7,9-12,17-20,47-48H,5,8,13-16H2,1-2H3,(H,43,52)(H4,38,39,40,41,49). The number of rotatable bonds is 8. The van der Waals surface area contributed by atoms with Gasteiger partial charge in [-0.1, -0.05) is 26.0 Å². The number of hydrogen-bond donors (Lipinski definition) is 6. The van der Waals surface area contributed by atoms with Gasteiger partial charge in [-0.2, -0.15) is 10.1 Å². The number of piperazine rings is 1. The third kappa shape index (κ3) is 6.39. The largest absolute Gasteiger partial charge is 0.508 e. The zero-order chi connectivity index (χ0) is 36.7. The van der Waals surface area contributed by atoms with E-state index in [2.05, 4.69) is 25.1 Å². The molecule has 1 fully saturated rings. The molecule has 1 aliphatic heterocycles. The minimum atomic E-state index is -0.532. The highest BCUT2D eigenvalue weighted by Gasteiger charge is 2.26. The van der Waals surface area contributed by atoms with Gasteiger partial charge in [0.15, 0.2) is 5.82 Å². The van der Waals surface area contributed by atoms with E-state index in [1.807, 2.05) is 26.0 Å². The Balaban J connectivity index is 0.967. The molecule has 0 saturated carbocycles. The number of fused-ring (bicyclic) bond motifs is 1. The zero-order valence-electron chi connectivity index (χ0n) is 28.5. The Labute approximate surface area is 296 Å². The van der Waals surface area contributed by atoms with Crippen LogP contribution >= 0.6 is 0 Å². The quantitative estimate of drug-likeness (QED) is 0.137. The molecule has 1 saturated heterocycles. The Morgan fingerprint density at radius 3 is 2.10 bits per heavy atom. The molecule has 7 rings (SSSR count). The fourth-order valence-corrected chi connectivity index (χ4v) is 6.59. The number of aromatic amines is 3. The molecule has 15 nitrogen and oxygen atoms in total. The lowest BCUT2D eigenvalue weighted by Gasteiger charge is -2.35. The van der Waals surface area contributed by atoms with Crippen LogP contribution in [0.4, 0.5) is 5.95 Å². The van der Waals surface area contributed by atoms with Gasteiger partial charge >= 0.3 is 5.69 Å². The van der Waals surface area contributed by atoms with Gasteiger partial charge in [0.2, 0.25) is 5.95 Å². The Morgan fingerprint density at radius 2 is 1.48 bits per heavy atom. The first kappa shape index (κ1) is 33.8. The van der Waals surface area contributed by atoms with E-state index in [9.17, 15) is 29.4 Å². The number of anilines is 1. The number of nitrogens with two attached hydrogens (primary N) is 1. The fraction of sp³-hybridized carbons (Fsp3) is 0.243. The van der Waals surface area contributed by atoms with Gasteiger partial charge in [0, 0.05) is 49.6 Å². The van der Waals surface area contributed by atoms with Crippen molar-refractivity contribution in [3.63, 3.8) is 0 Å². The van der Waals surface area contributed by atoms with E-state index >= 15 is 0 Å². The van der Waals surface area contributed by atoms with Crippen LogP contribution in [0.1, 0.15) is 57.2 Å². The number of aromatic nitrogens is 6. The first-order valence-electron chi connectivity index (χ1n) is 16.9. The van der Waals surface area contributed by atoms with E-state index in [0.717, 1.165) is 11.1 Å². The number of carbonyl (C=O) groups is 2. The van der Waals surface area contributed by atoms with Crippen molar-refractivity contribution in [2.45, 2.75) is 32.6 Å². The van der Waals surface area contributed by atoms with Gasteiger partial charge in [0.1, 0.15) is 17.1 Å². The first-order chi connectivity index (χ1) is 25.0. The average Bonchev–Trinajstić information content (AvgIpc) is 3.73. The maximum atomic E-state index is 13.4. The van der Waals surface area contributed by atoms with Crippen molar-refractivity contribution in [1.29, 1.82) is 0 Å². The van der Waals surface area contributed by atoms with Crippen molar-refractivity contribution >= 4 is 28.8 Å². The number of phenols is 2. The molecule has 2 amide bonds. The van der Waals surface area contributed by atoms with Gasteiger partial charge in [-0.15, -0.1) is 0 Å². The van der Waals surface area contributed by atoms with Gasteiger partial charge in [0.25, 0.3) is 17.4 Å². The number of amides is 2. The van der Waals surface area contributed by atoms with Gasteiger partial charge in [-0.3, -0.25) is 19.4 Å². The molecule has 3 aromatic carbocycles. The van der Waals surface area contributed by atoms with Crippen molar-refractivity contribution in [1.82, 2.24) is 39.5 Å². The molecule has 15 heteroatoms. The summed E-state index contributed by atoms with van der Waals surface area (Å²) in [4.78, 5) is 65.0. The fourth-order valence-electron chi connectivity index (χ4n) is 6.59. The molecule has 0 unspecified atom stereocenters. The third-order valence-electron chi connectivity index (χ3n) is 9.43. The molecule has 1 aliphatic rings. The third-order valence-corrected chi connectivity index (χ3v) is 9.43. The molecule has 4 heterocycles. The molecule has 52 heavy (non-hydrogen) atoms. The van der Waals surface area contributed by atoms with Crippen LogP contribution < -0.4 is 17.0 Å². The second-order valence-corrected chi connectivity index (χ2v) is 13.1. The van der Waals surface area contributed by atoms with Crippen molar-refractivity contribution in [2.75, 3.05) is 31.9 Å². The Kier molecular flexibility index (Phi) is 8.84. The number of hydrogen-bond acceptors (Lipinski definition) is 9. The zero-order valence-corrected chi connectivity index (χ0v) is 28.5. The van der Waals surface area contributed by atoms with Gasteiger partial charge in [0.05, 0.1) is 16.6 Å². The van der Waals surface area contributed by atoms with Gasteiger partial charge in [-0.05, 0) is 77.9 Å². The van der Waals surface area contributed by atoms with Crippen LogP contribution in [0.15, 0.2) is 76.4 Å². The van der Waals surface area contributed by atoms with Crippen LogP contribution in [0.3, 0.4) is 0 Å². The average molecular weight is 704 g/mol. The number of nitrogens with zero attached hydrogens (tertiary/aromatic N) is 5. The van der Waals surface area contributed by atoms with E-state index in [0.29, 0.717) is 72.4 Å². The highest BCUT2D eigenvalue weighted by atomic mass is 16.3. The highest BCUT2D eigenvalue weighted by Crippen LogP contribution is 2.37. The number of aryl methyl sites for hydroxylation is 2. The number of aromatic hydroxyl groups is 2. The van der Waals surface area contributed by atoms with E-state index in [1.54, 1.807) is 58.5 Å². The molecule has 266 valence electrons. The van der Waals surface area contributed by atoms with E-state index in [4.69, 9.17) is 5.73 Å². The van der Waals surface area contributed by atoms with E-state index in [1.165, 1.54) is 10.6 Å². The van der Waals surface area contributed by atoms with Crippen molar-refractivity contribution < 1.29 is 19.8 Å². The monoisotopic (exact) mass is 703 g/mol. The summed E-state index contributed by atoms with van der Waals surface area (Å²) in [6, 6.07) is 16.7. The second kappa shape index (κ2) is 13.6. The van der Waals surface area contributed by atoms with Crippen LogP contribution in [0, 0.1) is 0 Å². The minimum absolute atomic E-state index is 0.0428. The summed E-state index contributed by atoms with van der Waals surface area (Å²) in [5.74, 6) is -0.422. The Bertz CT molecular complexity index is 2420. The maximum Gasteiger partial charge on any atom is 0.348 e. The van der Waals surface area contributed by atoms with Crippen LogP contribution in [-0.2, 0) is 12.8 Å². The van der Waals surface area contributed by atoms with Crippen molar-refractivity contribution in [3.8, 4) is 28.6 Å². The number of carbonyl (C=O) groups excluding carboxylic acids is 2. The topological polar surface area (TPSA) is 219 Å². The minimum Gasteiger partial charge on any atom is -0.508 e. The molecular formula is C37H37N9O6. The van der Waals surface area contributed by atoms with E-state index in [-0.39, 0.29) is 52.1 Å². The van der Waals surface area contributed by atoms with Crippen LogP contribution in [-0.4, -0.2) is 87.7 Å². The number of nitrogens with one attached hydrogen (secondary N) is 3. The predicted octanol–water partition coefficient (Wildman–Crippen LogP) is 3.29. The summed E-state index contributed by atoms with van der Waals surface area (Å²) in [7, 11) is 0. The molecule has 6 aromatic rings.